The summed E-state index contributed by atoms with van der Waals surface area (Å²) in [6, 6.07) is 5.60. The zero-order valence-corrected chi connectivity index (χ0v) is 18.2. The predicted octanol–water partition coefficient (Wildman–Crippen LogP) is 4.33. The Kier molecular flexibility index (Phi) is 5.18. The highest BCUT2D eigenvalue weighted by atomic mass is 19.1. The standard InChI is InChI=1S/C23H28FN3O3/c1-14-12-26-17(23(2,3)4)13-27-20(21(26)18(24)22(14)28)15-8-6-9-16(19(15)25-27)30-11-7-10-29-5/h6,8-9,12,17H,7,10-11,13H2,1-5H3. The molecule has 0 N–H and O–H groups in total. The minimum Gasteiger partial charge on any atom is -0.491 e. The summed E-state index contributed by atoms with van der Waals surface area (Å²) in [4.78, 5) is 12.5. The molecule has 0 spiro atoms. The molecule has 0 fully saturated rings. The number of nitrogens with zero attached hydrogens (tertiary/aromatic N) is 3. The first-order valence-electron chi connectivity index (χ1n) is 10.3. The molecule has 6 nitrogen and oxygen atoms in total. The lowest BCUT2D eigenvalue weighted by molar-refractivity contribution is 0.172. The second-order valence-corrected chi connectivity index (χ2v) is 8.97. The van der Waals surface area contributed by atoms with E-state index in [4.69, 9.17) is 14.6 Å². The van der Waals surface area contributed by atoms with Crippen molar-refractivity contribution >= 4 is 10.9 Å². The zero-order chi connectivity index (χ0) is 21.6. The van der Waals surface area contributed by atoms with E-state index in [0.717, 1.165) is 11.8 Å². The molecule has 3 heterocycles. The number of rotatable bonds is 5. The Labute approximate surface area is 175 Å². The van der Waals surface area contributed by atoms with Gasteiger partial charge in [0.2, 0.25) is 5.43 Å². The van der Waals surface area contributed by atoms with E-state index in [2.05, 4.69) is 20.8 Å². The van der Waals surface area contributed by atoms with Gasteiger partial charge in [-0.05, 0) is 18.4 Å². The summed E-state index contributed by atoms with van der Waals surface area (Å²) < 4.78 is 30.1. The maximum Gasteiger partial charge on any atom is 0.220 e. The lowest BCUT2D eigenvalue weighted by Crippen LogP contribution is -2.36. The van der Waals surface area contributed by atoms with E-state index in [0.29, 0.717) is 48.0 Å². The predicted molar refractivity (Wildman–Crippen MR) is 115 cm³/mol. The van der Waals surface area contributed by atoms with Crippen molar-refractivity contribution in [2.75, 3.05) is 20.3 Å². The van der Waals surface area contributed by atoms with Crippen LogP contribution in [0.15, 0.2) is 29.2 Å². The van der Waals surface area contributed by atoms with E-state index in [1.165, 1.54) is 0 Å². The number of hydrogen-bond donors (Lipinski definition) is 0. The van der Waals surface area contributed by atoms with Crippen LogP contribution in [0, 0.1) is 18.2 Å². The molecule has 0 amide bonds. The molecule has 0 radical (unpaired) electrons. The Morgan fingerprint density at radius 1 is 1.23 bits per heavy atom. The maximum atomic E-state index is 15.4. The average Bonchev–Trinajstić information content (AvgIpc) is 3.07. The molecule has 7 heteroatoms. The fourth-order valence-electron chi connectivity index (χ4n) is 4.15. The third kappa shape index (κ3) is 3.31. The van der Waals surface area contributed by atoms with Gasteiger partial charge in [0.05, 0.1) is 24.9 Å². The Morgan fingerprint density at radius 3 is 2.70 bits per heavy atom. The molecule has 4 rings (SSSR count). The molecule has 0 bridgehead atoms. The molecular formula is C23H28FN3O3. The molecule has 3 aromatic rings. The lowest BCUT2D eigenvalue weighted by Gasteiger charge is -2.38. The first-order valence-corrected chi connectivity index (χ1v) is 10.3. The van der Waals surface area contributed by atoms with Crippen molar-refractivity contribution in [3.63, 3.8) is 0 Å². The molecule has 1 aromatic carbocycles. The molecular weight excluding hydrogens is 385 g/mol. The van der Waals surface area contributed by atoms with Gasteiger partial charge in [-0.15, -0.1) is 0 Å². The highest BCUT2D eigenvalue weighted by Gasteiger charge is 2.36. The molecule has 160 valence electrons. The van der Waals surface area contributed by atoms with Crippen molar-refractivity contribution in [1.29, 1.82) is 0 Å². The fourth-order valence-corrected chi connectivity index (χ4v) is 4.15. The summed E-state index contributed by atoms with van der Waals surface area (Å²) in [5, 5.41) is 5.57. The second kappa shape index (κ2) is 7.54. The van der Waals surface area contributed by atoms with Crippen LogP contribution in [0.2, 0.25) is 0 Å². The van der Waals surface area contributed by atoms with Crippen molar-refractivity contribution in [3.8, 4) is 17.1 Å². The highest BCUT2D eigenvalue weighted by molar-refractivity contribution is 5.96. The van der Waals surface area contributed by atoms with Gasteiger partial charge in [0.25, 0.3) is 0 Å². The number of methoxy groups -OCH3 is 1. The summed E-state index contributed by atoms with van der Waals surface area (Å²) in [6.07, 6.45) is 2.54. The number of aromatic nitrogens is 3. The summed E-state index contributed by atoms with van der Waals surface area (Å²) >= 11 is 0. The highest BCUT2D eigenvalue weighted by Crippen LogP contribution is 2.43. The summed E-state index contributed by atoms with van der Waals surface area (Å²) in [6.45, 7) is 9.72. The van der Waals surface area contributed by atoms with Gasteiger partial charge in [-0.3, -0.25) is 9.48 Å². The van der Waals surface area contributed by atoms with E-state index in [1.54, 1.807) is 20.2 Å². The van der Waals surface area contributed by atoms with Crippen molar-refractivity contribution in [3.05, 3.63) is 46.0 Å². The van der Waals surface area contributed by atoms with Crippen LogP contribution < -0.4 is 10.2 Å². The molecule has 1 unspecified atom stereocenters. The first kappa shape index (κ1) is 20.6. The van der Waals surface area contributed by atoms with Crippen LogP contribution in [-0.2, 0) is 11.3 Å². The number of hydrogen-bond acceptors (Lipinski definition) is 4. The topological polar surface area (TPSA) is 58.3 Å². The smallest absolute Gasteiger partial charge is 0.220 e. The molecule has 1 aliphatic rings. The molecule has 0 saturated carbocycles. The Morgan fingerprint density at radius 2 is 2.00 bits per heavy atom. The maximum absolute atomic E-state index is 15.4. The number of pyridine rings is 1. The van der Waals surface area contributed by atoms with Crippen molar-refractivity contribution in [1.82, 2.24) is 14.3 Å². The third-order valence-corrected chi connectivity index (χ3v) is 5.75. The normalized spacial score (nSPS) is 15.9. The van der Waals surface area contributed by atoms with E-state index >= 15 is 4.39 Å². The Bertz CT molecular complexity index is 1160. The zero-order valence-electron chi connectivity index (χ0n) is 18.2. The van der Waals surface area contributed by atoms with E-state index in [1.807, 2.05) is 27.4 Å². The van der Waals surface area contributed by atoms with Gasteiger partial charge < -0.3 is 14.0 Å². The molecule has 0 saturated heterocycles. The van der Waals surface area contributed by atoms with E-state index < -0.39 is 11.2 Å². The van der Waals surface area contributed by atoms with Gasteiger partial charge in [-0.2, -0.15) is 5.10 Å². The first-order chi connectivity index (χ1) is 14.2. The molecule has 1 atom stereocenters. The minimum absolute atomic E-state index is 0.0471. The summed E-state index contributed by atoms with van der Waals surface area (Å²) in [5.74, 6) is -0.0716. The van der Waals surface area contributed by atoms with Crippen molar-refractivity contribution in [2.24, 2.45) is 5.41 Å². The van der Waals surface area contributed by atoms with Crippen LogP contribution in [-0.4, -0.2) is 34.7 Å². The number of fused-ring (bicyclic) bond motifs is 5. The number of ether oxygens (including phenoxy) is 2. The Hall–Kier alpha value is -2.67. The molecule has 1 aliphatic heterocycles. The number of benzene rings is 1. The molecule has 30 heavy (non-hydrogen) atoms. The van der Waals surface area contributed by atoms with Crippen molar-refractivity contribution < 1.29 is 13.9 Å². The fraction of sp³-hybridized carbons (Fsp3) is 0.478. The summed E-state index contributed by atoms with van der Waals surface area (Å²) in [5.41, 5.74) is 1.29. The third-order valence-electron chi connectivity index (χ3n) is 5.75. The van der Waals surface area contributed by atoms with Crippen LogP contribution in [0.5, 0.6) is 5.75 Å². The van der Waals surface area contributed by atoms with Crippen molar-refractivity contribution in [2.45, 2.75) is 46.7 Å². The monoisotopic (exact) mass is 413 g/mol. The Balaban J connectivity index is 1.92. The number of aryl methyl sites for hydroxylation is 1. The minimum atomic E-state index is -0.724. The van der Waals surface area contributed by atoms with Crippen LogP contribution in [0.1, 0.15) is 38.8 Å². The largest absolute Gasteiger partial charge is 0.491 e. The van der Waals surface area contributed by atoms with Gasteiger partial charge in [-0.25, -0.2) is 4.39 Å². The van der Waals surface area contributed by atoms with Gasteiger partial charge >= 0.3 is 0 Å². The van der Waals surface area contributed by atoms with E-state index in [-0.39, 0.29) is 11.5 Å². The van der Waals surface area contributed by atoms with Gasteiger partial charge in [0.15, 0.2) is 5.82 Å². The van der Waals surface area contributed by atoms with E-state index in [9.17, 15) is 4.79 Å². The molecule has 2 aromatic heterocycles. The van der Waals surface area contributed by atoms with Gasteiger partial charge in [-0.1, -0.05) is 32.9 Å². The summed E-state index contributed by atoms with van der Waals surface area (Å²) in [7, 11) is 1.66. The lowest BCUT2D eigenvalue weighted by atomic mass is 9.84. The number of halogens is 1. The van der Waals surface area contributed by atoms with Crippen LogP contribution in [0.3, 0.4) is 0 Å². The second-order valence-electron chi connectivity index (χ2n) is 8.97. The SMILES string of the molecule is COCCCOc1cccc2c3n(nc12)CC(C(C)(C)C)n1cc(C)c(=O)c(F)c1-3. The average molecular weight is 413 g/mol. The van der Waals surface area contributed by atoms with Crippen LogP contribution in [0.25, 0.3) is 22.3 Å². The van der Waals surface area contributed by atoms with Gasteiger partial charge in [0.1, 0.15) is 17.0 Å². The van der Waals surface area contributed by atoms with Gasteiger partial charge in [0, 0.05) is 37.3 Å². The quantitative estimate of drug-likeness (QED) is 0.584. The molecule has 0 aliphatic carbocycles. The van der Waals surface area contributed by atoms with Crippen LogP contribution >= 0.6 is 0 Å². The van der Waals surface area contributed by atoms with Crippen LogP contribution in [0.4, 0.5) is 4.39 Å².